The van der Waals surface area contributed by atoms with Crippen LogP contribution < -0.4 is 4.90 Å². The molecule has 28 heavy (non-hydrogen) atoms. The lowest BCUT2D eigenvalue weighted by molar-refractivity contribution is 0.0762. The smallest absolute Gasteiger partial charge is 0.275 e. The highest BCUT2D eigenvalue weighted by Crippen LogP contribution is 2.23. The van der Waals surface area contributed by atoms with E-state index in [0.717, 1.165) is 35.2 Å². The number of H-pyrrole nitrogens is 1. The molecule has 1 aliphatic rings. The van der Waals surface area contributed by atoms with Crippen molar-refractivity contribution in [1.82, 2.24) is 34.6 Å². The van der Waals surface area contributed by atoms with Crippen LogP contribution in [0.25, 0.3) is 22.1 Å². The van der Waals surface area contributed by atoms with Crippen molar-refractivity contribution in [2.75, 3.05) is 31.1 Å². The fourth-order valence-electron chi connectivity index (χ4n) is 3.85. The van der Waals surface area contributed by atoms with Gasteiger partial charge in [0.15, 0.2) is 17.2 Å². The first-order valence-corrected chi connectivity index (χ1v) is 9.32. The summed E-state index contributed by atoms with van der Waals surface area (Å²) in [6, 6.07) is 7.83. The summed E-state index contributed by atoms with van der Waals surface area (Å²) in [6.45, 7) is 2.82. The third-order valence-corrected chi connectivity index (χ3v) is 5.25. The Hall–Kier alpha value is -3.49. The van der Waals surface area contributed by atoms with Crippen molar-refractivity contribution < 1.29 is 4.79 Å². The number of hydrogen-bond donors (Lipinski definition) is 1. The quantitative estimate of drug-likeness (QED) is 0.571. The molecule has 142 valence electrons. The number of para-hydroxylation sites is 1. The molecule has 1 saturated heterocycles. The molecule has 0 radical (unpaired) electrons. The Morgan fingerprint density at radius 2 is 1.96 bits per heavy atom. The van der Waals surface area contributed by atoms with E-state index < -0.39 is 0 Å². The molecule has 1 N–H and O–H groups in total. The number of carbonyl (C=O) groups is 1. The minimum Gasteiger partial charge on any atom is -0.353 e. The van der Waals surface area contributed by atoms with Crippen LogP contribution in [0.1, 0.15) is 16.9 Å². The number of hydrogen-bond acceptors (Lipinski definition) is 6. The van der Waals surface area contributed by atoms with Gasteiger partial charge in [0.05, 0.1) is 11.8 Å². The molecule has 1 amide bonds. The minimum atomic E-state index is -0.0203. The summed E-state index contributed by atoms with van der Waals surface area (Å²) >= 11 is 0. The first kappa shape index (κ1) is 16.7. The molecule has 1 fully saturated rings. The van der Waals surface area contributed by atoms with Crippen LogP contribution in [-0.4, -0.2) is 66.7 Å². The molecule has 1 aliphatic heterocycles. The molecule has 0 bridgehead atoms. The van der Waals surface area contributed by atoms with Crippen molar-refractivity contribution in [3.63, 3.8) is 0 Å². The number of amides is 1. The number of imidazole rings is 1. The minimum absolute atomic E-state index is 0.0203. The first-order valence-electron chi connectivity index (χ1n) is 9.32. The van der Waals surface area contributed by atoms with Gasteiger partial charge in [-0.3, -0.25) is 9.48 Å². The maximum absolute atomic E-state index is 13.2. The van der Waals surface area contributed by atoms with Crippen molar-refractivity contribution in [2.45, 2.75) is 6.42 Å². The monoisotopic (exact) mass is 376 g/mol. The van der Waals surface area contributed by atoms with E-state index in [0.29, 0.717) is 31.0 Å². The fourth-order valence-corrected chi connectivity index (χ4v) is 3.85. The second-order valence-corrected chi connectivity index (χ2v) is 6.92. The fraction of sp³-hybridized carbons (Fsp3) is 0.316. The second-order valence-electron chi connectivity index (χ2n) is 6.92. The summed E-state index contributed by atoms with van der Waals surface area (Å²) in [7, 11) is 1.87. The van der Waals surface area contributed by atoms with Gasteiger partial charge in [-0.2, -0.15) is 5.10 Å². The molecule has 9 heteroatoms. The van der Waals surface area contributed by atoms with Crippen LogP contribution in [0.5, 0.6) is 0 Å². The zero-order chi connectivity index (χ0) is 19.1. The number of nitrogens with zero attached hydrogens (tertiary/aromatic N) is 7. The lowest BCUT2D eigenvalue weighted by atomic mass is 10.2. The summed E-state index contributed by atoms with van der Waals surface area (Å²) in [5.41, 5.74) is 2.97. The number of benzene rings is 1. The molecular formula is C19H20N8O. The van der Waals surface area contributed by atoms with Crippen LogP contribution in [-0.2, 0) is 7.05 Å². The van der Waals surface area contributed by atoms with Crippen LogP contribution >= 0.6 is 0 Å². The Bertz CT molecular complexity index is 1160. The van der Waals surface area contributed by atoms with E-state index >= 15 is 0 Å². The number of aromatic amines is 1. The molecule has 4 heterocycles. The van der Waals surface area contributed by atoms with Gasteiger partial charge in [0.2, 0.25) is 0 Å². The molecular weight excluding hydrogens is 356 g/mol. The third kappa shape index (κ3) is 2.67. The summed E-state index contributed by atoms with van der Waals surface area (Å²) in [6.07, 6.45) is 4.02. The van der Waals surface area contributed by atoms with Gasteiger partial charge in [0.1, 0.15) is 11.8 Å². The van der Waals surface area contributed by atoms with Crippen molar-refractivity contribution in [1.29, 1.82) is 0 Å². The average molecular weight is 376 g/mol. The largest absolute Gasteiger partial charge is 0.353 e. The van der Waals surface area contributed by atoms with Gasteiger partial charge in [0.25, 0.3) is 5.91 Å². The number of nitrogens with one attached hydrogen (secondary N) is 1. The van der Waals surface area contributed by atoms with Crippen LogP contribution in [0.2, 0.25) is 0 Å². The third-order valence-electron chi connectivity index (χ3n) is 5.25. The highest BCUT2D eigenvalue weighted by atomic mass is 16.2. The Kier molecular flexibility index (Phi) is 3.92. The number of fused-ring (bicyclic) bond motifs is 2. The van der Waals surface area contributed by atoms with E-state index in [2.05, 4.69) is 29.9 Å². The Morgan fingerprint density at radius 3 is 2.89 bits per heavy atom. The molecule has 0 saturated carbocycles. The van der Waals surface area contributed by atoms with Gasteiger partial charge in [-0.15, -0.1) is 0 Å². The number of aryl methyl sites for hydroxylation is 1. The van der Waals surface area contributed by atoms with E-state index in [1.54, 1.807) is 11.0 Å². The Balaban J connectivity index is 1.40. The number of carbonyl (C=O) groups excluding carboxylic acids is 1. The van der Waals surface area contributed by atoms with E-state index in [1.165, 1.54) is 6.33 Å². The Labute approximate surface area is 161 Å². The highest BCUT2D eigenvalue weighted by Gasteiger charge is 2.25. The first-order chi connectivity index (χ1) is 13.7. The van der Waals surface area contributed by atoms with Gasteiger partial charge in [-0.1, -0.05) is 18.2 Å². The normalized spacial score (nSPS) is 15.3. The lowest BCUT2D eigenvalue weighted by Crippen LogP contribution is -2.35. The molecule has 4 aromatic rings. The van der Waals surface area contributed by atoms with Crippen LogP contribution in [0.3, 0.4) is 0 Å². The highest BCUT2D eigenvalue weighted by molar-refractivity contribution is 6.04. The number of rotatable bonds is 2. The van der Waals surface area contributed by atoms with Gasteiger partial charge < -0.3 is 14.8 Å². The summed E-state index contributed by atoms with van der Waals surface area (Å²) in [4.78, 5) is 33.2. The Morgan fingerprint density at radius 1 is 1.07 bits per heavy atom. The van der Waals surface area contributed by atoms with Gasteiger partial charge >= 0.3 is 0 Å². The van der Waals surface area contributed by atoms with Gasteiger partial charge in [-0.05, 0) is 12.5 Å². The topological polar surface area (TPSA) is 95.8 Å². The standard InChI is InChI=1S/C19H20N8O/c1-25-14-6-3-2-5-13(14)15(24-25)19(28)27-8-4-7-26(9-10-27)18-16-17(21-11-20-16)22-12-23-18/h2-3,5-6,11-12H,4,7-10H2,1H3,(H,20,21,22,23). The molecule has 0 unspecified atom stereocenters. The molecule has 9 nitrogen and oxygen atoms in total. The molecule has 0 aliphatic carbocycles. The van der Waals surface area contributed by atoms with E-state index in [1.807, 2.05) is 36.2 Å². The second kappa shape index (κ2) is 6.59. The van der Waals surface area contributed by atoms with Crippen LogP contribution in [0.15, 0.2) is 36.9 Å². The average Bonchev–Trinajstić information content (AvgIpc) is 3.25. The van der Waals surface area contributed by atoms with Crippen molar-refractivity contribution in [2.24, 2.45) is 7.05 Å². The molecule has 3 aromatic heterocycles. The zero-order valence-corrected chi connectivity index (χ0v) is 15.5. The van der Waals surface area contributed by atoms with Crippen molar-refractivity contribution >= 4 is 33.8 Å². The van der Waals surface area contributed by atoms with Crippen molar-refractivity contribution in [3.8, 4) is 0 Å². The van der Waals surface area contributed by atoms with Crippen LogP contribution in [0, 0.1) is 0 Å². The van der Waals surface area contributed by atoms with Gasteiger partial charge in [0, 0.05) is 38.6 Å². The molecule has 1 aromatic carbocycles. The summed E-state index contributed by atoms with van der Waals surface area (Å²) in [5, 5.41) is 5.38. The number of anilines is 1. The maximum Gasteiger partial charge on any atom is 0.275 e. The van der Waals surface area contributed by atoms with E-state index in [-0.39, 0.29) is 5.91 Å². The number of aromatic nitrogens is 6. The lowest BCUT2D eigenvalue weighted by Gasteiger charge is -2.22. The van der Waals surface area contributed by atoms with Gasteiger partial charge in [-0.25, -0.2) is 15.0 Å². The SMILES string of the molecule is Cn1nc(C(=O)N2CCCN(c3ncnc4nc[nH]c34)CC2)c2ccccc21. The summed E-state index contributed by atoms with van der Waals surface area (Å²) in [5.74, 6) is 0.813. The van der Waals surface area contributed by atoms with Crippen LogP contribution in [0.4, 0.5) is 5.82 Å². The van der Waals surface area contributed by atoms with Crippen molar-refractivity contribution in [3.05, 3.63) is 42.6 Å². The summed E-state index contributed by atoms with van der Waals surface area (Å²) < 4.78 is 1.77. The maximum atomic E-state index is 13.2. The molecule has 0 atom stereocenters. The molecule has 0 spiro atoms. The van der Waals surface area contributed by atoms with E-state index in [4.69, 9.17) is 0 Å². The predicted molar refractivity (Wildman–Crippen MR) is 105 cm³/mol. The predicted octanol–water partition coefficient (Wildman–Crippen LogP) is 1.59. The van der Waals surface area contributed by atoms with E-state index in [9.17, 15) is 4.79 Å². The molecule has 5 rings (SSSR count). The zero-order valence-electron chi connectivity index (χ0n) is 15.5.